The molecule has 1 aliphatic heterocycles. The van der Waals surface area contributed by atoms with Gasteiger partial charge in [-0.2, -0.15) is 0 Å². The highest BCUT2D eigenvalue weighted by atomic mass is 35.5. The van der Waals surface area contributed by atoms with Crippen molar-refractivity contribution >= 4 is 17.5 Å². The summed E-state index contributed by atoms with van der Waals surface area (Å²) < 4.78 is 28.0. The molecule has 136 valence electrons. The molecular formula is C20H19ClF2N2O. The second kappa shape index (κ2) is 6.97. The molecule has 0 bridgehead atoms. The van der Waals surface area contributed by atoms with Gasteiger partial charge < -0.3 is 10.2 Å². The van der Waals surface area contributed by atoms with E-state index in [9.17, 15) is 13.6 Å². The predicted octanol–water partition coefficient (Wildman–Crippen LogP) is 3.89. The van der Waals surface area contributed by atoms with Gasteiger partial charge in [0.2, 0.25) is 5.91 Å². The minimum atomic E-state index is -0.576. The van der Waals surface area contributed by atoms with Crippen LogP contribution in [-0.2, 0) is 4.79 Å². The molecule has 0 aromatic heterocycles. The van der Waals surface area contributed by atoms with Gasteiger partial charge in [0.1, 0.15) is 11.6 Å². The summed E-state index contributed by atoms with van der Waals surface area (Å²) in [6.07, 6.45) is 0.482. The molecule has 2 aromatic carbocycles. The Balaban J connectivity index is 1.57. The van der Waals surface area contributed by atoms with Crippen LogP contribution in [0.25, 0.3) is 0 Å². The van der Waals surface area contributed by atoms with Gasteiger partial charge in [-0.05, 0) is 30.2 Å². The average molecular weight is 377 g/mol. The Morgan fingerprint density at radius 2 is 1.85 bits per heavy atom. The zero-order valence-electron chi connectivity index (χ0n) is 14.1. The van der Waals surface area contributed by atoms with Crippen LogP contribution in [0.4, 0.5) is 8.78 Å². The minimum Gasteiger partial charge on any atom is -0.333 e. The van der Waals surface area contributed by atoms with Crippen molar-refractivity contribution in [3.05, 3.63) is 70.2 Å². The number of hydrogen-bond acceptors (Lipinski definition) is 2. The lowest BCUT2D eigenvalue weighted by Crippen LogP contribution is -2.49. The fraction of sp³-hybridized carbons (Fsp3) is 0.350. The van der Waals surface area contributed by atoms with Crippen molar-refractivity contribution in [2.75, 3.05) is 19.6 Å². The Morgan fingerprint density at radius 3 is 2.58 bits per heavy atom. The summed E-state index contributed by atoms with van der Waals surface area (Å²) in [5, 5.41) is 3.91. The zero-order chi connectivity index (χ0) is 18.3. The minimum absolute atomic E-state index is 0.0373. The van der Waals surface area contributed by atoms with Crippen molar-refractivity contribution in [3.8, 4) is 0 Å². The normalized spacial score (nSPS) is 25.2. The Morgan fingerprint density at radius 1 is 1.12 bits per heavy atom. The lowest BCUT2D eigenvalue weighted by atomic mass is 10.0. The van der Waals surface area contributed by atoms with Crippen molar-refractivity contribution in [1.29, 1.82) is 0 Å². The van der Waals surface area contributed by atoms with Gasteiger partial charge in [0.05, 0.1) is 6.04 Å². The maximum absolute atomic E-state index is 14.0. The van der Waals surface area contributed by atoms with E-state index in [4.69, 9.17) is 11.6 Å². The number of amides is 1. The smallest absolute Gasteiger partial charge is 0.226 e. The van der Waals surface area contributed by atoms with Crippen LogP contribution in [0.2, 0.25) is 5.02 Å². The first-order chi connectivity index (χ1) is 12.6. The Labute approximate surface area is 156 Å². The summed E-state index contributed by atoms with van der Waals surface area (Å²) in [7, 11) is 0. The summed E-state index contributed by atoms with van der Waals surface area (Å²) in [5.74, 6) is -1.96. The highest BCUT2D eigenvalue weighted by Crippen LogP contribution is 2.51. The molecule has 26 heavy (non-hydrogen) atoms. The molecule has 6 heteroatoms. The largest absolute Gasteiger partial charge is 0.333 e. The lowest BCUT2D eigenvalue weighted by molar-refractivity contribution is -0.136. The van der Waals surface area contributed by atoms with Gasteiger partial charge in [-0.3, -0.25) is 4.79 Å². The van der Waals surface area contributed by atoms with Crippen LogP contribution in [-0.4, -0.2) is 30.4 Å². The Hall–Kier alpha value is -1.98. The van der Waals surface area contributed by atoms with Gasteiger partial charge in [-0.25, -0.2) is 8.78 Å². The van der Waals surface area contributed by atoms with Crippen molar-refractivity contribution in [1.82, 2.24) is 10.2 Å². The molecule has 3 nitrogen and oxygen atoms in total. The van der Waals surface area contributed by atoms with E-state index >= 15 is 0 Å². The van der Waals surface area contributed by atoms with Crippen LogP contribution in [0.3, 0.4) is 0 Å². The first-order valence-corrected chi connectivity index (χ1v) is 9.15. The van der Waals surface area contributed by atoms with Crippen LogP contribution < -0.4 is 5.32 Å². The second-order valence-electron chi connectivity index (χ2n) is 6.86. The molecule has 4 rings (SSSR count). The zero-order valence-corrected chi connectivity index (χ0v) is 14.8. The van der Waals surface area contributed by atoms with Gasteiger partial charge in [-0.1, -0.05) is 35.9 Å². The molecule has 3 unspecified atom stereocenters. The molecule has 2 aromatic rings. The number of carbonyl (C=O) groups excluding carboxylic acids is 1. The average Bonchev–Trinajstić information content (AvgIpc) is 3.42. The molecule has 0 spiro atoms. The lowest BCUT2D eigenvalue weighted by Gasteiger charge is -2.37. The van der Waals surface area contributed by atoms with E-state index in [0.29, 0.717) is 31.1 Å². The molecule has 3 atom stereocenters. The first kappa shape index (κ1) is 17.4. The van der Waals surface area contributed by atoms with Crippen LogP contribution in [0, 0.1) is 17.6 Å². The van der Waals surface area contributed by atoms with Crippen molar-refractivity contribution in [2.24, 2.45) is 5.92 Å². The highest BCUT2D eigenvalue weighted by molar-refractivity contribution is 6.31. The molecule has 0 radical (unpaired) electrons. The van der Waals surface area contributed by atoms with E-state index in [1.165, 1.54) is 18.2 Å². The quantitative estimate of drug-likeness (QED) is 0.881. The number of rotatable bonds is 3. The number of hydrogen-bond donors (Lipinski definition) is 1. The predicted molar refractivity (Wildman–Crippen MR) is 96.0 cm³/mol. The maximum atomic E-state index is 14.0. The third-order valence-corrected chi connectivity index (χ3v) is 5.61. The number of nitrogens with one attached hydrogen (secondary N) is 1. The standard InChI is InChI=1S/C20H19ClF2N2O/c21-15-5-2-1-4-12(15)18-11-24-8-9-25(18)20(26)14-10-13(14)19-16(22)6-3-7-17(19)23/h1-7,13-14,18,24H,8-11H2. The number of piperazine rings is 1. The van der Waals surface area contributed by atoms with E-state index in [2.05, 4.69) is 5.32 Å². The SMILES string of the molecule is O=C(C1CC1c1c(F)cccc1F)N1CCNCC1c1ccccc1Cl. The van der Waals surface area contributed by atoms with Gasteiger partial charge in [0.15, 0.2) is 0 Å². The van der Waals surface area contributed by atoms with E-state index in [1.807, 2.05) is 24.3 Å². The highest BCUT2D eigenvalue weighted by Gasteiger charge is 2.49. The third kappa shape index (κ3) is 3.10. The first-order valence-electron chi connectivity index (χ1n) is 8.77. The van der Waals surface area contributed by atoms with E-state index in [1.54, 1.807) is 4.90 Å². The van der Waals surface area contributed by atoms with Gasteiger partial charge >= 0.3 is 0 Å². The molecule has 1 aliphatic carbocycles. The van der Waals surface area contributed by atoms with Crippen LogP contribution in [0.1, 0.15) is 29.5 Å². The summed E-state index contributed by atoms with van der Waals surface area (Å²) in [6.45, 7) is 1.86. The molecule has 1 amide bonds. The Bertz CT molecular complexity index is 824. The molecular weight excluding hydrogens is 358 g/mol. The second-order valence-corrected chi connectivity index (χ2v) is 7.26. The number of benzene rings is 2. The fourth-order valence-corrected chi connectivity index (χ4v) is 4.12. The van der Waals surface area contributed by atoms with Crippen LogP contribution in [0.5, 0.6) is 0 Å². The summed E-state index contributed by atoms with van der Waals surface area (Å²) in [5.41, 5.74) is 0.930. The topological polar surface area (TPSA) is 32.3 Å². The number of halogens is 3. The molecule has 2 aliphatic rings. The van der Waals surface area contributed by atoms with Gasteiger partial charge in [0.25, 0.3) is 0 Å². The van der Waals surface area contributed by atoms with Crippen molar-refractivity contribution in [2.45, 2.75) is 18.4 Å². The van der Waals surface area contributed by atoms with Crippen molar-refractivity contribution in [3.63, 3.8) is 0 Å². The summed E-state index contributed by atoms with van der Waals surface area (Å²) >= 11 is 6.32. The molecule has 1 saturated carbocycles. The number of carbonyl (C=O) groups is 1. The van der Waals surface area contributed by atoms with Gasteiger partial charge in [0, 0.05) is 42.1 Å². The van der Waals surface area contributed by atoms with Crippen LogP contribution in [0.15, 0.2) is 42.5 Å². The van der Waals surface area contributed by atoms with E-state index in [-0.39, 0.29) is 29.3 Å². The molecule has 1 saturated heterocycles. The van der Waals surface area contributed by atoms with Gasteiger partial charge in [-0.15, -0.1) is 0 Å². The maximum Gasteiger partial charge on any atom is 0.226 e. The molecule has 2 fully saturated rings. The Kier molecular flexibility index (Phi) is 4.67. The molecule has 1 heterocycles. The van der Waals surface area contributed by atoms with Crippen molar-refractivity contribution < 1.29 is 13.6 Å². The third-order valence-electron chi connectivity index (χ3n) is 5.27. The van der Waals surface area contributed by atoms with E-state index < -0.39 is 11.6 Å². The monoisotopic (exact) mass is 376 g/mol. The molecule has 1 N–H and O–H groups in total. The summed E-state index contributed by atoms with van der Waals surface area (Å²) in [4.78, 5) is 14.9. The number of nitrogens with zero attached hydrogens (tertiary/aromatic N) is 1. The van der Waals surface area contributed by atoms with Crippen LogP contribution >= 0.6 is 11.6 Å². The van der Waals surface area contributed by atoms with E-state index in [0.717, 1.165) is 5.56 Å². The fourth-order valence-electron chi connectivity index (χ4n) is 3.86. The summed E-state index contributed by atoms with van der Waals surface area (Å²) in [6, 6.07) is 11.1.